The molecule has 3 heteroatoms. The van der Waals surface area contributed by atoms with Gasteiger partial charge in [-0.1, -0.05) is 18.2 Å². The second kappa shape index (κ2) is 5.95. The Morgan fingerprint density at radius 2 is 1.78 bits per heavy atom. The zero-order valence-corrected chi connectivity index (χ0v) is 10.0. The minimum atomic E-state index is 0.194. The Morgan fingerprint density at radius 1 is 1.06 bits per heavy atom. The highest BCUT2D eigenvalue weighted by Gasteiger charge is 2.00. The summed E-state index contributed by atoms with van der Waals surface area (Å²) in [6.45, 7) is 0.194. The minimum absolute atomic E-state index is 0.194. The van der Waals surface area contributed by atoms with Crippen LogP contribution in [0.15, 0.2) is 42.6 Å². The third kappa shape index (κ3) is 2.93. The van der Waals surface area contributed by atoms with Crippen LogP contribution in [-0.4, -0.2) is 16.7 Å². The van der Waals surface area contributed by atoms with E-state index in [1.54, 1.807) is 12.1 Å². The molecule has 0 aliphatic heterocycles. The Kier molecular flexibility index (Phi) is 4.06. The fourth-order valence-corrected chi connectivity index (χ4v) is 1.74. The third-order valence-electron chi connectivity index (χ3n) is 2.76. The summed E-state index contributed by atoms with van der Waals surface area (Å²) < 4.78 is 0. The molecule has 0 saturated carbocycles. The van der Waals surface area contributed by atoms with Crippen LogP contribution >= 0.6 is 0 Å². The van der Waals surface area contributed by atoms with E-state index in [1.807, 2.05) is 30.5 Å². The van der Waals surface area contributed by atoms with Gasteiger partial charge in [0.15, 0.2) is 0 Å². The standard InChI is InChI=1S/C15H14N2O/c16-10-12-3-5-13(6-4-12)14-7-8-15(17-11-14)2-1-9-18/h3-8,11,18H,1-2,9H2. The molecule has 1 N–H and O–H groups in total. The molecule has 0 radical (unpaired) electrons. The van der Waals surface area contributed by atoms with Gasteiger partial charge in [0.25, 0.3) is 0 Å². The molecule has 1 aromatic heterocycles. The summed E-state index contributed by atoms with van der Waals surface area (Å²) in [5.41, 5.74) is 3.73. The number of aryl methyl sites for hydroxylation is 1. The van der Waals surface area contributed by atoms with Crippen LogP contribution in [0.3, 0.4) is 0 Å². The highest BCUT2D eigenvalue weighted by molar-refractivity contribution is 5.63. The van der Waals surface area contributed by atoms with Crippen LogP contribution in [0.1, 0.15) is 17.7 Å². The Labute approximate surface area is 106 Å². The van der Waals surface area contributed by atoms with Gasteiger partial charge in [-0.3, -0.25) is 4.98 Å². The van der Waals surface area contributed by atoms with Crippen molar-refractivity contribution >= 4 is 0 Å². The van der Waals surface area contributed by atoms with E-state index in [-0.39, 0.29) is 6.61 Å². The summed E-state index contributed by atoms with van der Waals surface area (Å²) in [7, 11) is 0. The molecule has 0 aliphatic carbocycles. The molecule has 18 heavy (non-hydrogen) atoms. The molecule has 0 atom stereocenters. The molecule has 2 aromatic rings. The van der Waals surface area contributed by atoms with Crippen LogP contribution in [0.25, 0.3) is 11.1 Å². The molecule has 0 fully saturated rings. The molecule has 0 bridgehead atoms. The summed E-state index contributed by atoms with van der Waals surface area (Å²) in [5, 5.41) is 17.5. The maximum Gasteiger partial charge on any atom is 0.0991 e. The first-order chi connectivity index (χ1) is 8.83. The molecule has 3 nitrogen and oxygen atoms in total. The maximum absolute atomic E-state index is 8.76. The Balaban J connectivity index is 2.15. The second-order valence-electron chi connectivity index (χ2n) is 4.05. The monoisotopic (exact) mass is 238 g/mol. The molecule has 90 valence electrons. The van der Waals surface area contributed by atoms with Crippen LogP contribution in [0.4, 0.5) is 0 Å². The molecule has 1 heterocycles. The van der Waals surface area contributed by atoms with Gasteiger partial charge in [0.1, 0.15) is 0 Å². The molecule has 0 aliphatic rings. The number of benzene rings is 1. The van der Waals surface area contributed by atoms with Gasteiger partial charge in [-0.25, -0.2) is 0 Å². The van der Waals surface area contributed by atoms with E-state index in [4.69, 9.17) is 10.4 Å². The van der Waals surface area contributed by atoms with E-state index in [0.29, 0.717) is 5.56 Å². The smallest absolute Gasteiger partial charge is 0.0991 e. The van der Waals surface area contributed by atoms with Gasteiger partial charge >= 0.3 is 0 Å². The van der Waals surface area contributed by atoms with Gasteiger partial charge in [-0.05, 0) is 36.6 Å². The van der Waals surface area contributed by atoms with E-state index in [9.17, 15) is 0 Å². The van der Waals surface area contributed by atoms with Crippen molar-refractivity contribution in [2.75, 3.05) is 6.61 Å². The molecule has 0 saturated heterocycles. The lowest BCUT2D eigenvalue weighted by molar-refractivity contribution is 0.288. The van der Waals surface area contributed by atoms with Crippen molar-refractivity contribution in [3.63, 3.8) is 0 Å². The van der Waals surface area contributed by atoms with Crippen molar-refractivity contribution in [1.29, 1.82) is 5.26 Å². The van der Waals surface area contributed by atoms with Crippen molar-refractivity contribution in [3.8, 4) is 17.2 Å². The number of nitrogens with zero attached hydrogens (tertiary/aromatic N) is 2. The molecule has 0 spiro atoms. The van der Waals surface area contributed by atoms with Gasteiger partial charge in [0.05, 0.1) is 11.6 Å². The number of aliphatic hydroxyl groups is 1. The topological polar surface area (TPSA) is 56.9 Å². The molecule has 0 amide bonds. The maximum atomic E-state index is 8.76. The van der Waals surface area contributed by atoms with Gasteiger partial charge in [-0.15, -0.1) is 0 Å². The average molecular weight is 238 g/mol. The number of pyridine rings is 1. The van der Waals surface area contributed by atoms with Crippen molar-refractivity contribution in [1.82, 2.24) is 4.98 Å². The normalized spacial score (nSPS) is 10.0. The summed E-state index contributed by atoms with van der Waals surface area (Å²) in [6, 6.07) is 13.5. The number of hydrogen-bond donors (Lipinski definition) is 1. The molecule has 1 aromatic carbocycles. The van der Waals surface area contributed by atoms with E-state index < -0.39 is 0 Å². The Morgan fingerprint density at radius 3 is 2.33 bits per heavy atom. The van der Waals surface area contributed by atoms with Gasteiger partial charge in [-0.2, -0.15) is 5.26 Å². The SMILES string of the molecule is N#Cc1ccc(-c2ccc(CCCO)nc2)cc1. The Bertz CT molecular complexity index is 538. The molecular weight excluding hydrogens is 224 g/mol. The highest BCUT2D eigenvalue weighted by Crippen LogP contribution is 2.19. The number of aliphatic hydroxyl groups excluding tert-OH is 1. The zero-order chi connectivity index (χ0) is 12.8. The first-order valence-corrected chi connectivity index (χ1v) is 5.90. The number of hydrogen-bond acceptors (Lipinski definition) is 3. The van der Waals surface area contributed by atoms with Crippen molar-refractivity contribution in [2.45, 2.75) is 12.8 Å². The molecular formula is C15H14N2O. The predicted molar refractivity (Wildman–Crippen MR) is 69.8 cm³/mol. The minimum Gasteiger partial charge on any atom is -0.396 e. The molecule has 0 unspecified atom stereocenters. The van der Waals surface area contributed by atoms with Gasteiger partial charge < -0.3 is 5.11 Å². The lowest BCUT2D eigenvalue weighted by Crippen LogP contribution is -1.93. The first kappa shape index (κ1) is 12.3. The highest BCUT2D eigenvalue weighted by atomic mass is 16.2. The van der Waals surface area contributed by atoms with Gasteiger partial charge in [0.2, 0.25) is 0 Å². The number of rotatable bonds is 4. The summed E-state index contributed by atoms with van der Waals surface area (Å²) in [6.07, 6.45) is 3.36. The van der Waals surface area contributed by atoms with E-state index in [2.05, 4.69) is 11.1 Å². The fourth-order valence-electron chi connectivity index (χ4n) is 1.74. The molecule has 2 rings (SSSR count). The Hall–Kier alpha value is -2.18. The second-order valence-corrected chi connectivity index (χ2v) is 4.05. The lowest BCUT2D eigenvalue weighted by Gasteiger charge is -2.03. The zero-order valence-electron chi connectivity index (χ0n) is 10.0. The van der Waals surface area contributed by atoms with Crippen molar-refractivity contribution in [3.05, 3.63) is 53.9 Å². The number of nitriles is 1. The van der Waals surface area contributed by atoms with Gasteiger partial charge in [0, 0.05) is 24.1 Å². The predicted octanol–water partition coefficient (Wildman–Crippen LogP) is 2.55. The van der Waals surface area contributed by atoms with E-state index >= 15 is 0 Å². The van der Waals surface area contributed by atoms with Crippen LogP contribution < -0.4 is 0 Å². The van der Waals surface area contributed by atoms with E-state index in [0.717, 1.165) is 29.7 Å². The summed E-state index contributed by atoms with van der Waals surface area (Å²) in [4.78, 5) is 4.36. The summed E-state index contributed by atoms with van der Waals surface area (Å²) in [5.74, 6) is 0. The van der Waals surface area contributed by atoms with Crippen LogP contribution in [0.2, 0.25) is 0 Å². The lowest BCUT2D eigenvalue weighted by atomic mass is 10.1. The van der Waals surface area contributed by atoms with Crippen LogP contribution in [-0.2, 0) is 6.42 Å². The fraction of sp³-hybridized carbons (Fsp3) is 0.200. The number of aromatic nitrogens is 1. The average Bonchev–Trinajstić information content (AvgIpc) is 2.46. The van der Waals surface area contributed by atoms with Crippen molar-refractivity contribution in [2.24, 2.45) is 0 Å². The summed E-state index contributed by atoms with van der Waals surface area (Å²) >= 11 is 0. The first-order valence-electron chi connectivity index (χ1n) is 5.90. The van der Waals surface area contributed by atoms with Crippen LogP contribution in [0.5, 0.6) is 0 Å². The largest absolute Gasteiger partial charge is 0.396 e. The van der Waals surface area contributed by atoms with Crippen molar-refractivity contribution < 1.29 is 5.11 Å². The van der Waals surface area contributed by atoms with Crippen LogP contribution in [0, 0.1) is 11.3 Å². The van der Waals surface area contributed by atoms with E-state index in [1.165, 1.54) is 0 Å². The quantitative estimate of drug-likeness (QED) is 0.890. The third-order valence-corrected chi connectivity index (χ3v) is 2.76.